The van der Waals surface area contributed by atoms with Crippen molar-refractivity contribution in [2.45, 2.75) is 0 Å². The number of furan rings is 1. The summed E-state index contributed by atoms with van der Waals surface area (Å²) >= 11 is 0. The summed E-state index contributed by atoms with van der Waals surface area (Å²) in [4.78, 5) is 28.2. The maximum Gasteiger partial charge on any atom is 0.257 e. The van der Waals surface area contributed by atoms with Gasteiger partial charge in [-0.3, -0.25) is 9.59 Å². The van der Waals surface area contributed by atoms with Crippen molar-refractivity contribution in [3.05, 3.63) is 54.0 Å². The molecule has 0 radical (unpaired) electrons. The summed E-state index contributed by atoms with van der Waals surface area (Å²) in [5, 5.41) is 0. The predicted octanol–water partition coefficient (Wildman–Crippen LogP) is 2.29. The molecular formula is C20H22N2O5. The van der Waals surface area contributed by atoms with Crippen LogP contribution in [0.1, 0.15) is 15.9 Å². The molecular weight excluding hydrogens is 348 g/mol. The lowest BCUT2D eigenvalue weighted by molar-refractivity contribution is -0.127. The Hall–Kier alpha value is -3.22. The van der Waals surface area contributed by atoms with E-state index in [1.54, 1.807) is 42.2 Å². The lowest BCUT2D eigenvalue weighted by atomic mass is 10.1. The van der Waals surface area contributed by atoms with Crippen molar-refractivity contribution in [3.63, 3.8) is 0 Å². The Kier molecular flexibility index (Phi) is 5.80. The third-order valence-corrected chi connectivity index (χ3v) is 4.47. The maximum atomic E-state index is 12.4. The summed E-state index contributed by atoms with van der Waals surface area (Å²) in [6, 6.07) is 7.10. The topological polar surface area (TPSA) is 72.2 Å². The van der Waals surface area contributed by atoms with Crippen molar-refractivity contribution < 1.29 is 23.5 Å². The molecule has 2 aromatic rings. The van der Waals surface area contributed by atoms with E-state index in [-0.39, 0.29) is 11.8 Å². The van der Waals surface area contributed by atoms with Crippen LogP contribution in [0.4, 0.5) is 0 Å². The minimum atomic E-state index is -0.0832. The van der Waals surface area contributed by atoms with Gasteiger partial charge in [0.25, 0.3) is 5.91 Å². The van der Waals surface area contributed by atoms with E-state index in [2.05, 4.69) is 0 Å². The first kappa shape index (κ1) is 18.6. The van der Waals surface area contributed by atoms with Gasteiger partial charge in [0.05, 0.1) is 26.0 Å². The number of hydrogen-bond donors (Lipinski definition) is 0. The van der Waals surface area contributed by atoms with Crippen LogP contribution in [0.5, 0.6) is 11.5 Å². The second-order valence-electron chi connectivity index (χ2n) is 6.08. The molecule has 3 rings (SSSR count). The molecule has 1 aliphatic rings. The predicted molar refractivity (Wildman–Crippen MR) is 99.8 cm³/mol. The first-order valence-electron chi connectivity index (χ1n) is 8.63. The van der Waals surface area contributed by atoms with E-state index in [1.165, 1.54) is 18.6 Å². The summed E-state index contributed by atoms with van der Waals surface area (Å²) in [7, 11) is 3.15. The van der Waals surface area contributed by atoms with Gasteiger partial charge in [-0.2, -0.15) is 0 Å². The van der Waals surface area contributed by atoms with Crippen LogP contribution in [0.3, 0.4) is 0 Å². The molecule has 142 valence electrons. The molecule has 2 amide bonds. The molecule has 0 bridgehead atoms. The van der Waals surface area contributed by atoms with Crippen LogP contribution < -0.4 is 9.47 Å². The molecule has 0 spiro atoms. The Labute approximate surface area is 157 Å². The van der Waals surface area contributed by atoms with Gasteiger partial charge in [0.2, 0.25) is 5.91 Å². The van der Waals surface area contributed by atoms with Gasteiger partial charge in [-0.15, -0.1) is 0 Å². The highest BCUT2D eigenvalue weighted by atomic mass is 16.5. The fourth-order valence-electron chi connectivity index (χ4n) is 2.93. The van der Waals surface area contributed by atoms with Crippen LogP contribution in [0.15, 0.2) is 47.3 Å². The van der Waals surface area contributed by atoms with E-state index in [9.17, 15) is 9.59 Å². The minimum Gasteiger partial charge on any atom is -0.493 e. The molecule has 0 aliphatic carbocycles. The summed E-state index contributed by atoms with van der Waals surface area (Å²) in [6.45, 7) is 2.00. The molecule has 2 heterocycles. The molecule has 7 nitrogen and oxygen atoms in total. The van der Waals surface area contributed by atoms with Gasteiger partial charge in [-0.25, -0.2) is 0 Å². The van der Waals surface area contributed by atoms with Gasteiger partial charge in [-0.05, 0) is 29.8 Å². The van der Waals surface area contributed by atoms with Gasteiger partial charge in [-0.1, -0.05) is 6.07 Å². The highest BCUT2D eigenvalue weighted by molar-refractivity contribution is 5.94. The van der Waals surface area contributed by atoms with E-state index in [0.29, 0.717) is 43.2 Å². The van der Waals surface area contributed by atoms with Crippen molar-refractivity contribution in [2.24, 2.45) is 0 Å². The van der Waals surface area contributed by atoms with Gasteiger partial charge in [0.1, 0.15) is 6.26 Å². The minimum absolute atomic E-state index is 0.0725. The Morgan fingerprint density at radius 1 is 1.00 bits per heavy atom. The lowest BCUT2D eigenvalue weighted by Crippen LogP contribution is -2.50. The SMILES string of the molecule is COc1ccc(/C=C/C(=O)N2CCN(C(=O)c3ccoc3)CC2)cc1OC. The number of rotatable bonds is 5. The largest absolute Gasteiger partial charge is 0.493 e. The molecule has 1 fully saturated rings. The highest BCUT2D eigenvalue weighted by Gasteiger charge is 2.24. The van der Waals surface area contributed by atoms with Gasteiger partial charge in [0, 0.05) is 32.3 Å². The standard InChI is InChI=1S/C20H22N2O5/c1-25-17-5-3-15(13-18(17)26-2)4-6-19(23)21-8-10-22(11-9-21)20(24)16-7-12-27-14-16/h3-7,12-14H,8-11H2,1-2H3/b6-4+. The van der Waals surface area contributed by atoms with E-state index in [0.717, 1.165) is 5.56 Å². The van der Waals surface area contributed by atoms with Crippen molar-refractivity contribution in [3.8, 4) is 11.5 Å². The average Bonchev–Trinajstić information content (AvgIpc) is 3.26. The summed E-state index contributed by atoms with van der Waals surface area (Å²) in [6.07, 6.45) is 6.19. The number of amides is 2. The Morgan fingerprint density at radius 3 is 2.33 bits per heavy atom. The smallest absolute Gasteiger partial charge is 0.257 e. The number of piperazine rings is 1. The van der Waals surface area contributed by atoms with E-state index >= 15 is 0 Å². The fourth-order valence-corrected chi connectivity index (χ4v) is 2.93. The molecule has 1 aromatic carbocycles. The zero-order valence-corrected chi connectivity index (χ0v) is 15.4. The lowest BCUT2D eigenvalue weighted by Gasteiger charge is -2.34. The Morgan fingerprint density at radius 2 is 1.70 bits per heavy atom. The molecule has 0 N–H and O–H groups in total. The Balaban J connectivity index is 1.56. The zero-order valence-electron chi connectivity index (χ0n) is 15.4. The quantitative estimate of drug-likeness (QED) is 0.755. The molecule has 0 saturated carbocycles. The number of hydrogen-bond acceptors (Lipinski definition) is 5. The maximum absolute atomic E-state index is 12.4. The van der Waals surface area contributed by atoms with Crippen molar-refractivity contribution in [1.82, 2.24) is 9.80 Å². The molecule has 0 atom stereocenters. The number of carbonyl (C=O) groups is 2. The Bertz CT molecular complexity index is 821. The molecule has 1 saturated heterocycles. The average molecular weight is 370 g/mol. The van der Waals surface area contributed by atoms with Gasteiger partial charge in [0.15, 0.2) is 11.5 Å². The number of carbonyl (C=O) groups excluding carboxylic acids is 2. The highest BCUT2D eigenvalue weighted by Crippen LogP contribution is 2.28. The molecule has 7 heteroatoms. The van der Waals surface area contributed by atoms with Crippen LogP contribution in [0.2, 0.25) is 0 Å². The van der Waals surface area contributed by atoms with Crippen LogP contribution in [0, 0.1) is 0 Å². The monoisotopic (exact) mass is 370 g/mol. The van der Waals surface area contributed by atoms with Crippen molar-refractivity contribution >= 4 is 17.9 Å². The zero-order chi connectivity index (χ0) is 19.2. The molecule has 0 unspecified atom stereocenters. The molecule has 1 aromatic heterocycles. The molecule has 27 heavy (non-hydrogen) atoms. The normalized spacial score (nSPS) is 14.4. The van der Waals surface area contributed by atoms with Crippen molar-refractivity contribution in [1.29, 1.82) is 0 Å². The summed E-state index contributed by atoms with van der Waals surface area (Å²) in [5.41, 5.74) is 1.37. The van der Waals surface area contributed by atoms with Gasteiger partial charge >= 0.3 is 0 Å². The second-order valence-corrected chi connectivity index (χ2v) is 6.08. The summed E-state index contributed by atoms with van der Waals surface area (Å²) in [5.74, 6) is 1.09. The number of nitrogens with zero attached hydrogens (tertiary/aromatic N) is 2. The van der Waals surface area contributed by atoms with E-state index in [1.807, 2.05) is 12.1 Å². The third-order valence-electron chi connectivity index (χ3n) is 4.47. The first-order valence-corrected chi connectivity index (χ1v) is 8.63. The van der Waals surface area contributed by atoms with Crippen LogP contribution in [-0.4, -0.2) is 62.0 Å². The van der Waals surface area contributed by atoms with Crippen LogP contribution in [0.25, 0.3) is 6.08 Å². The van der Waals surface area contributed by atoms with Crippen LogP contribution >= 0.6 is 0 Å². The number of methoxy groups -OCH3 is 2. The van der Waals surface area contributed by atoms with Crippen LogP contribution in [-0.2, 0) is 4.79 Å². The first-order chi connectivity index (χ1) is 13.1. The third kappa shape index (κ3) is 4.31. The van der Waals surface area contributed by atoms with Crippen molar-refractivity contribution in [2.75, 3.05) is 40.4 Å². The fraction of sp³-hybridized carbons (Fsp3) is 0.300. The van der Waals surface area contributed by atoms with Gasteiger partial charge < -0.3 is 23.7 Å². The molecule has 1 aliphatic heterocycles. The second kappa shape index (κ2) is 8.44. The van der Waals surface area contributed by atoms with E-state index < -0.39 is 0 Å². The number of ether oxygens (including phenoxy) is 2. The van der Waals surface area contributed by atoms with E-state index in [4.69, 9.17) is 13.9 Å². The number of benzene rings is 1. The summed E-state index contributed by atoms with van der Waals surface area (Å²) < 4.78 is 15.4.